The number of likely N-dealkylation sites (tertiary alicyclic amines) is 1. The van der Waals surface area contributed by atoms with E-state index in [-0.39, 0.29) is 17.5 Å². The summed E-state index contributed by atoms with van der Waals surface area (Å²) in [5.74, 6) is -0.958. The Kier molecular flexibility index (Phi) is 4.92. The van der Waals surface area contributed by atoms with Crippen LogP contribution in [0.5, 0.6) is 0 Å². The first-order chi connectivity index (χ1) is 13.6. The summed E-state index contributed by atoms with van der Waals surface area (Å²) < 4.78 is 3.51. The highest BCUT2D eigenvalue weighted by molar-refractivity contribution is 5.95. The number of carboxylic acid groups (broad SMARTS) is 1. The van der Waals surface area contributed by atoms with Crippen molar-refractivity contribution >= 4 is 11.9 Å². The Morgan fingerprint density at radius 2 is 1.89 bits per heavy atom. The number of carboxylic acids is 1. The molecule has 0 aliphatic carbocycles. The van der Waals surface area contributed by atoms with Gasteiger partial charge >= 0.3 is 5.97 Å². The lowest BCUT2D eigenvalue weighted by molar-refractivity contribution is 0.0687. The van der Waals surface area contributed by atoms with Crippen molar-refractivity contribution in [1.29, 1.82) is 0 Å². The van der Waals surface area contributed by atoms with Gasteiger partial charge in [-0.2, -0.15) is 10.2 Å². The lowest BCUT2D eigenvalue weighted by Crippen LogP contribution is -2.39. The van der Waals surface area contributed by atoms with Crippen LogP contribution in [0.3, 0.4) is 0 Å². The van der Waals surface area contributed by atoms with Crippen LogP contribution in [0, 0.1) is 0 Å². The molecule has 8 nitrogen and oxygen atoms in total. The van der Waals surface area contributed by atoms with Crippen molar-refractivity contribution in [2.24, 2.45) is 0 Å². The molecule has 144 valence electrons. The van der Waals surface area contributed by atoms with Gasteiger partial charge < -0.3 is 10.0 Å². The molecule has 1 N–H and O–H groups in total. The van der Waals surface area contributed by atoms with E-state index in [2.05, 4.69) is 10.2 Å². The Hall–Kier alpha value is -3.42. The van der Waals surface area contributed by atoms with E-state index < -0.39 is 5.97 Å². The van der Waals surface area contributed by atoms with Crippen molar-refractivity contribution in [3.8, 4) is 0 Å². The van der Waals surface area contributed by atoms with Crippen molar-refractivity contribution in [2.75, 3.05) is 13.1 Å². The van der Waals surface area contributed by atoms with Crippen LogP contribution in [0.15, 0.2) is 55.1 Å². The maximum Gasteiger partial charge on any atom is 0.338 e. The molecule has 8 heteroatoms. The highest BCUT2D eigenvalue weighted by atomic mass is 16.4. The minimum Gasteiger partial charge on any atom is -0.478 e. The Morgan fingerprint density at radius 3 is 2.57 bits per heavy atom. The summed E-state index contributed by atoms with van der Waals surface area (Å²) in [6.07, 6.45) is 8.01. The van der Waals surface area contributed by atoms with Crippen LogP contribution < -0.4 is 0 Å². The minimum atomic E-state index is -0.979. The zero-order valence-electron chi connectivity index (χ0n) is 15.3. The van der Waals surface area contributed by atoms with Gasteiger partial charge in [0.25, 0.3) is 5.91 Å². The largest absolute Gasteiger partial charge is 0.478 e. The van der Waals surface area contributed by atoms with E-state index in [9.17, 15) is 9.59 Å². The lowest BCUT2D eigenvalue weighted by atomic mass is 10.0. The molecule has 3 heterocycles. The van der Waals surface area contributed by atoms with E-state index in [4.69, 9.17) is 5.11 Å². The minimum absolute atomic E-state index is 0.0212. The normalized spacial score (nSPS) is 14.9. The van der Waals surface area contributed by atoms with Crippen molar-refractivity contribution in [3.05, 3.63) is 71.8 Å². The fraction of sp³-hybridized carbons (Fsp3) is 0.300. The Morgan fingerprint density at radius 1 is 1.11 bits per heavy atom. The third kappa shape index (κ3) is 3.66. The van der Waals surface area contributed by atoms with Crippen molar-refractivity contribution in [3.63, 3.8) is 0 Å². The van der Waals surface area contributed by atoms with E-state index in [0.717, 1.165) is 18.4 Å². The number of nitrogens with zero attached hydrogens (tertiary/aromatic N) is 5. The smallest absolute Gasteiger partial charge is 0.338 e. The van der Waals surface area contributed by atoms with Gasteiger partial charge in [-0.25, -0.2) is 4.79 Å². The SMILES string of the molecule is O=C(O)c1cnn(C2CCN(C(=O)c3ccccc3Cn3cccn3)CC2)c1. The van der Waals surface area contributed by atoms with E-state index in [1.165, 1.54) is 6.20 Å². The Balaban J connectivity index is 1.43. The fourth-order valence-corrected chi connectivity index (χ4v) is 3.59. The van der Waals surface area contributed by atoms with Crippen LogP contribution in [0.1, 0.15) is 45.2 Å². The summed E-state index contributed by atoms with van der Waals surface area (Å²) in [4.78, 5) is 26.0. The van der Waals surface area contributed by atoms with Crippen molar-refractivity contribution in [1.82, 2.24) is 24.5 Å². The highest BCUT2D eigenvalue weighted by Crippen LogP contribution is 2.24. The molecule has 1 amide bonds. The molecule has 0 saturated carbocycles. The van der Waals surface area contributed by atoms with E-state index >= 15 is 0 Å². The number of aromatic carboxylic acids is 1. The topological polar surface area (TPSA) is 93.3 Å². The molecule has 1 fully saturated rings. The summed E-state index contributed by atoms with van der Waals surface area (Å²) in [5.41, 5.74) is 1.83. The molecular formula is C20H21N5O3. The number of hydrogen-bond donors (Lipinski definition) is 1. The van der Waals surface area contributed by atoms with Crippen LogP contribution in [0.4, 0.5) is 0 Å². The second kappa shape index (κ2) is 7.67. The molecule has 2 aromatic heterocycles. The van der Waals surface area contributed by atoms with Gasteiger partial charge in [0.15, 0.2) is 0 Å². The quantitative estimate of drug-likeness (QED) is 0.734. The Bertz CT molecular complexity index is 971. The van der Waals surface area contributed by atoms with Gasteiger partial charge in [0.05, 0.1) is 24.3 Å². The molecule has 0 unspecified atom stereocenters. The monoisotopic (exact) mass is 379 g/mol. The van der Waals surface area contributed by atoms with E-state index in [0.29, 0.717) is 25.2 Å². The van der Waals surface area contributed by atoms with Gasteiger partial charge in [0.1, 0.15) is 0 Å². The van der Waals surface area contributed by atoms with Crippen molar-refractivity contribution in [2.45, 2.75) is 25.4 Å². The number of benzene rings is 1. The number of amides is 1. The summed E-state index contributed by atoms with van der Waals surface area (Å²) in [5, 5.41) is 17.4. The van der Waals surface area contributed by atoms with Crippen LogP contribution in [0.2, 0.25) is 0 Å². The first-order valence-electron chi connectivity index (χ1n) is 9.24. The predicted octanol–water partition coefficient (Wildman–Crippen LogP) is 2.30. The van der Waals surface area contributed by atoms with Gasteiger partial charge in [0.2, 0.25) is 0 Å². The molecule has 28 heavy (non-hydrogen) atoms. The zero-order valence-corrected chi connectivity index (χ0v) is 15.3. The molecule has 0 bridgehead atoms. The van der Waals surface area contributed by atoms with Gasteiger partial charge in [0, 0.05) is 37.2 Å². The van der Waals surface area contributed by atoms with Crippen LogP contribution in [-0.4, -0.2) is 54.5 Å². The first kappa shape index (κ1) is 18.0. The number of piperidine rings is 1. The second-order valence-electron chi connectivity index (χ2n) is 6.90. The molecule has 4 rings (SSSR count). The molecule has 1 aliphatic rings. The molecule has 1 aromatic carbocycles. The number of carbonyl (C=O) groups excluding carboxylic acids is 1. The number of carbonyl (C=O) groups is 2. The zero-order chi connectivity index (χ0) is 19.5. The predicted molar refractivity (Wildman–Crippen MR) is 101 cm³/mol. The maximum absolute atomic E-state index is 13.1. The second-order valence-corrected chi connectivity index (χ2v) is 6.90. The maximum atomic E-state index is 13.1. The average molecular weight is 379 g/mol. The van der Waals surface area contributed by atoms with Crippen LogP contribution in [0.25, 0.3) is 0 Å². The fourth-order valence-electron chi connectivity index (χ4n) is 3.59. The van der Waals surface area contributed by atoms with Gasteiger partial charge in [-0.15, -0.1) is 0 Å². The summed E-state index contributed by atoms with van der Waals surface area (Å²) in [6, 6.07) is 9.60. The molecule has 1 saturated heterocycles. The molecular weight excluding hydrogens is 358 g/mol. The van der Waals surface area contributed by atoms with Crippen LogP contribution in [-0.2, 0) is 6.54 Å². The lowest BCUT2D eigenvalue weighted by Gasteiger charge is -2.32. The molecule has 0 spiro atoms. The summed E-state index contributed by atoms with van der Waals surface area (Å²) in [7, 11) is 0. The number of hydrogen-bond acceptors (Lipinski definition) is 4. The third-order valence-electron chi connectivity index (χ3n) is 5.11. The standard InChI is InChI=1S/C20H21N5O3/c26-19(18-5-2-1-4-15(18)13-24-9-3-8-21-24)23-10-6-17(7-11-23)25-14-16(12-22-25)20(27)28/h1-5,8-9,12,14,17H,6-7,10-11,13H2,(H,27,28). The number of aromatic nitrogens is 4. The average Bonchev–Trinajstić information content (AvgIpc) is 3.40. The third-order valence-corrected chi connectivity index (χ3v) is 5.11. The molecule has 0 radical (unpaired) electrons. The van der Waals surface area contributed by atoms with E-state index in [1.54, 1.807) is 21.8 Å². The highest BCUT2D eigenvalue weighted by Gasteiger charge is 2.26. The van der Waals surface area contributed by atoms with Gasteiger partial charge in [-0.3, -0.25) is 14.2 Å². The van der Waals surface area contributed by atoms with Gasteiger partial charge in [-0.05, 0) is 30.5 Å². The van der Waals surface area contributed by atoms with Crippen molar-refractivity contribution < 1.29 is 14.7 Å². The molecule has 3 aromatic rings. The van der Waals surface area contributed by atoms with Gasteiger partial charge in [-0.1, -0.05) is 18.2 Å². The van der Waals surface area contributed by atoms with E-state index in [1.807, 2.05) is 41.4 Å². The molecule has 1 aliphatic heterocycles. The Labute approximate surface area is 162 Å². The molecule has 0 atom stereocenters. The summed E-state index contributed by atoms with van der Waals surface area (Å²) in [6.45, 7) is 1.78. The first-order valence-corrected chi connectivity index (χ1v) is 9.24. The van der Waals surface area contributed by atoms with Crippen LogP contribution >= 0.6 is 0 Å². The summed E-state index contributed by atoms with van der Waals surface area (Å²) >= 11 is 0. The number of rotatable bonds is 5.